The lowest BCUT2D eigenvalue weighted by atomic mass is 10.4. The molecule has 0 saturated heterocycles. The second kappa shape index (κ2) is 3.94. The first-order valence-corrected chi connectivity index (χ1v) is 3.51. The molecule has 0 unspecified atom stereocenters. The Bertz CT molecular complexity index is 252. The Kier molecular flexibility index (Phi) is 3.55. The van der Waals surface area contributed by atoms with Crippen molar-refractivity contribution in [1.29, 1.82) is 5.26 Å². The number of rotatable bonds is 2. The van der Waals surface area contributed by atoms with Gasteiger partial charge in [0.05, 0.1) is 4.48 Å². The van der Waals surface area contributed by atoms with Crippen molar-refractivity contribution in [2.75, 3.05) is 7.05 Å². The van der Waals surface area contributed by atoms with E-state index in [1.807, 2.05) is 0 Å². The SMILES string of the molecule is C=C(Br)C(=O)N(C)C(=C)C#N. The summed E-state index contributed by atoms with van der Waals surface area (Å²) < 4.78 is 0.205. The van der Waals surface area contributed by atoms with E-state index in [-0.39, 0.29) is 16.1 Å². The van der Waals surface area contributed by atoms with E-state index in [0.717, 1.165) is 4.90 Å². The minimum atomic E-state index is -0.364. The molecule has 0 aliphatic carbocycles. The number of allylic oxidation sites excluding steroid dienone is 1. The fourth-order valence-electron chi connectivity index (χ4n) is 0.380. The average molecular weight is 215 g/mol. The summed E-state index contributed by atoms with van der Waals surface area (Å²) in [6.45, 7) is 6.73. The van der Waals surface area contributed by atoms with Crippen LogP contribution in [0.25, 0.3) is 0 Å². The van der Waals surface area contributed by atoms with E-state index in [0.29, 0.717) is 0 Å². The maximum atomic E-state index is 11.0. The molecule has 4 heteroatoms. The topological polar surface area (TPSA) is 44.1 Å². The number of halogens is 1. The van der Waals surface area contributed by atoms with Gasteiger partial charge in [-0.15, -0.1) is 0 Å². The molecule has 0 aromatic heterocycles. The number of amides is 1. The summed E-state index contributed by atoms with van der Waals surface area (Å²) in [5.41, 5.74) is 0.0931. The highest BCUT2D eigenvalue weighted by atomic mass is 79.9. The molecule has 0 fully saturated rings. The van der Waals surface area contributed by atoms with Crippen molar-refractivity contribution in [3.05, 3.63) is 23.3 Å². The molecule has 0 saturated carbocycles. The third-order valence-electron chi connectivity index (χ3n) is 1.07. The van der Waals surface area contributed by atoms with Gasteiger partial charge in [0, 0.05) is 7.05 Å². The molecule has 0 aliphatic heterocycles. The van der Waals surface area contributed by atoms with Gasteiger partial charge in [0.2, 0.25) is 0 Å². The van der Waals surface area contributed by atoms with Crippen LogP contribution in [0.1, 0.15) is 0 Å². The van der Waals surface area contributed by atoms with Crippen molar-refractivity contribution in [2.45, 2.75) is 0 Å². The second-order valence-electron chi connectivity index (χ2n) is 1.83. The molecule has 0 spiro atoms. The van der Waals surface area contributed by atoms with Crippen molar-refractivity contribution < 1.29 is 4.79 Å². The molecule has 0 atom stereocenters. The van der Waals surface area contributed by atoms with E-state index in [1.165, 1.54) is 7.05 Å². The van der Waals surface area contributed by atoms with E-state index in [9.17, 15) is 4.79 Å². The van der Waals surface area contributed by atoms with Gasteiger partial charge in [-0.25, -0.2) is 0 Å². The van der Waals surface area contributed by atoms with Crippen LogP contribution in [0.5, 0.6) is 0 Å². The normalized spacial score (nSPS) is 8.09. The lowest BCUT2D eigenvalue weighted by Gasteiger charge is -2.12. The third kappa shape index (κ3) is 2.56. The van der Waals surface area contributed by atoms with Gasteiger partial charge in [0.1, 0.15) is 11.8 Å². The van der Waals surface area contributed by atoms with Crippen molar-refractivity contribution in [3.63, 3.8) is 0 Å². The molecular weight excluding hydrogens is 208 g/mol. The van der Waals surface area contributed by atoms with Crippen LogP contribution >= 0.6 is 15.9 Å². The number of hydrogen-bond donors (Lipinski definition) is 0. The largest absolute Gasteiger partial charge is 0.302 e. The molecule has 0 radical (unpaired) electrons. The maximum absolute atomic E-state index is 11.0. The lowest BCUT2D eigenvalue weighted by Crippen LogP contribution is -2.24. The Hall–Kier alpha value is -1.08. The van der Waals surface area contributed by atoms with Crippen LogP contribution in [0.4, 0.5) is 0 Å². The first kappa shape index (κ1) is 9.92. The summed E-state index contributed by atoms with van der Waals surface area (Å²) in [4.78, 5) is 12.1. The summed E-state index contributed by atoms with van der Waals surface area (Å²) in [6, 6.07) is 1.75. The minimum Gasteiger partial charge on any atom is -0.302 e. The molecule has 0 heterocycles. The fourth-order valence-corrected chi connectivity index (χ4v) is 0.646. The summed E-state index contributed by atoms with van der Waals surface area (Å²) >= 11 is 2.90. The van der Waals surface area contributed by atoms with E-state index >= 15 is 0 Å². The zero-order chi connectivity index (χ0) is 9.02. The Balaban J connectivity index is 4.40. The zero-order valence-electron chi connectivity index (χ0n) is 6.09. The van der Waals surface area contributed by atoms with Crippen LogP contribution in [0.15, 0.2) is 23.3 Å². The molecule has 3 nitrogen and oxygen atoms in total. The highest BCUT2D eigenvalue weighted by molar-refractivity contribution is 9.12. The number of likely N-dealkylation sites (N-methyl/N-ethyl adjacent to an activating group) is 1. The van der Waals surface area contributed by atoms with Crippen LogP contribution in [-0.2, 0) is 4.79 Å². The fraction of sp³-hybridized carbons (Fsp3) is 0.143. The minimum absolute atomic E-state index is 0.0931. The van der Waals surface area contributed by atoms with E-state index in [4.69, 9.17) is 5.26 Å². The Labute approximate surface area is 73.7 Å². The highest BCUT2D eigenvalue weighted by Crippen LogP contribution is 2.08. The van der Waals surface area contributed by atoms with E-state index in [1.54, 1.807) is 6.07 Å². The standard InChI is InChI=1S/C7H7BrN2O/c1-5(4-9)10(3)7(11)6(2)8/h1-2H2,3H3. The van der Waals surface area contributed by atoms with Gasteiger partial charge in [0.15, 0.2) is 0 Å². The Morgan fingerprint density at radius 2 is 2.09 bits per heavy atom. The van der Waals surface area contributed by atoms with Crippen molar-refractivity contribution in [3.8, 4) is 6.07 Å². The second-order valence-corrected chi connectivity index (χ2v) is 2.78. The number of carbonyl (C=O) groups is 1. The van der Waals surface area contributed by atoms with Crippen molar-refractivity contribution >= 4 is 21.8 Å². The lowest BCUT2D eigenvalue weighted by molar-refractivity contribution is -0.123. The smallest absolute Gasteiger partial charge is 0.264 e. The zero-order valence-corrected chi connectivity index (χ0v) is 7.68. The Morgan fingerprint density at radius 1 is 1.64 bits per heavy atom. The van der Waals surface area contributed by atoms with Crippen LogP contribution in [0.2, 0.25) is 0 Å². The molecule has 58 valence electrons. The Morgan fingerprint density at radius 3 is 2.36 bits per heavy atom. The molecule has 0 aromatic carbocycles. The summed E-state index contributed by atoms with van der Waals surface area (Å²) in [7, 11) is 1.46. The summed E-state index contributed by atoms with van der Waals surface area (Å²) in [6.07, 6.45) is 0. The van der Waals surface area contributed by atoms with Gasteiger partial charge in [-0.05, 0) is 15.9 Å². The third-order valence-corrected chi connectivity index (χ3v) is 1.41. The monoisotopic (exact) mass is 214 g/mol. The molecule has 0 aliphatic rings. The molecule has 0 N–H and O–H groups in total. The van der Waals surface area contributed by atoms with Gasteiger partial charge < -0.3 is 4.90 Å². The maximum Gasteiger partial charge on any atom is 0.264 e. The number of nitriles is 1. The van der Waals surface area contributed by atoms with Crippen LogP contribution < -0.4 is 0 Å². The molecule has 0 bridgehead atoms. The number of hydrogen-bond acceptors (Lipinski definition) is 2. The van der Waals surface area contributed by atoms with Crippen LogP contribution in [0, 0.1) is 11.3 Å². The van der Waals surface area contributed by atoms with Crippen LogP contribution in [-0.4, -0.2) is 17.9 Å². The number of carbonyl (C=O) groups excluding carboxylic acids is 1. The first-order chi connectivity index (χ1) is 5.00. The quantitative estimate of drug-likeness (QED) is 0.516. The first-order valence-electron chi connectivity index (χ1n) is 2.72. The van der Waals surface area contributed by atoms with Crippen LogP contribution in [0.3, 0.4) is 0 Å². The molecule has 1 amide bonds. The van der Waals surface area contributed by atoms with Gasteiger partial charge in [0.25, 0.3) is 5.91 Å². The van der Waals surface area contributed by atoms with Gasteiger partial charge >= 0.3 is 0 Å². The number of nitrogens with zero attached hydrogens (tertiary/aromatic N) is 2. The van der Waals surface area contributed by atoms with E-state index in [2.05, 4.69) is 29.1 Å². The predicted octanol–water partition coefficient (Wildman–Crippen LogP) is 1.39. The van der Waals surface area contributed by atoms with E-state index < -0.39 is 0 Å². The molecule has 11 heavy (non-hydrogen) atoms. The molecular formula is C7H7BrN2O. The average Bonchev–Trinajstić information content (AvgIpc) is 2.00. The summed E-state index contributed by atoms with van der Waals surface area (Å²) in [5, 5.41) is 8.35. The van der Waals surface area contributed by atoms with Gasteiger partial charge in [-0.2, -0.15) is 5.26 Å². The highest BCUT2D eigenvalue weighted by Gasteiger charge is 2.12. The van der Waals surface area contributed by atoms with Gasteiger partial charge in [-0.3, -0.25) is 4.79 Å². The summed E-state index contributed by atoms with van der Waals surface area (Å²) in [5.74, 6) is -0.364. The molecule has 0 aromatic rings. The molecule has 0 rings (SSSR count). The van der Waals surface area contributed by atoms with Crippen molar-refractivity contribution in [1.82, 2.24) is 4.90 Å². The van der Waals surface area contributed by atoms with Crippen molar-refractivity contribution in [2.24, 2.45) is 0 Å². The van der Waals surface area contributed by atoms with Gasteiger partial charge in [-0.1, -0.05) is 13.2 Å². The predicted molar refractivity (Wildman–Crippen MR) is 45.6 cm³/mol.